The molecule has 0 radical (unpaired) electrons. The van der Waals surface area contributed by atoms with E-state index in [-0.39, 0.29) is 11.8 Å². The Labute approximate surface area is 134 Å². The van der Waals surface area contributed by atoms with E-state index in [1.54, 1.807) is 0 Å². The van der Waals surface area contributed by atoms with E-state index in [0.29, 0.717) is 12.2 Å². The van der Waals surface area contributed by atoms with E-state index in [4.69, 9.17) is 0 Å². The Hall–Kier alpha value is -2.37. The van der Waals surface area contributed by atoms with Crippen LogP contribution in [0, 0.1) is 5.92 Å². The van der Waals surface area contributed by atoms with Crippen molar-refractivity contribution in [2.75, 3.05) is 13.1 Å². The van der Waals surface area contributed by atoms with Gasteiger partial charge in [-0.1, -0.05) is 36.3 Å². The lowest BCUT2D eigenvalue weighted by atomic mass is 9.98. The zero-order chi connectivity index (χ0) is 16.2. The predicted octanol–water partition coefficient (Wildman–Crippen LogP) is 2.22. The minimum absolute atomic E-state index is 0.0224. The van der Waals surface area contributed by atoms with E-state index in [1.807, 2.05) is 36.1 Å². The zero-order valence-electron chi connectivity index (χ0n) is 13.2. The highest BCUT2D eigenvalue weighted by Crippen LogP contribution is 2.18. The first kappa shape index (κ1) is 15.5. The summed E-state index contributed by atoms with van der Waals surface area (Å²) >= 11 is 0. The number of likely N-dealkylation sites (tertiary alicyclic amines) is 1. The summed E-state index contributed by atoms with van der Waals surface area (Å²) < 4.78 is 4.50. The van der Waals surface area contributed by atoms with E-state index < -0.39 is 5.76 Å². The standard InChI is InChI=1S/C17H21N3O3/c1-12(16(21)20-9-3-2-4-10-20)11-13-5-7-14(8-6-13)15-18-17(22)23-19-15/h5-8,12H,2-4,9-11H2,1H3,(H,18,19,22). The monoisotopic (exact) mass is 315 g/mol. The molecule has 1 atom stereocenters. The molecule has 122 valence electrons. The number of aromatic amines is 1. The van der Waals surface area contributed by atoms with Crippen LogP contribution in [-0.4, -0.2) is 34.0 Å². The largest absolute Gasteiger partial charge is 0.439 e. The molecule has 1 saturated heterocycles. The molecule has 1 aromatic heterocycles. The zero-order valence-corrected chi connectivity index (χ0v) is 13.2. The highest BCUT2D eigenvalue weighted by atomic mass is 16.5. The number of carbonyl (C=O) groups is 1. The molecule has 0 saturated carbocycles. The summed E-state index contributed by atoms with van der Waals surface area (Å²) in [5, 5.41) is 3.66. The average Bonchev–Trinajstić information content (AvgIpc) is 3.02. The Balaban J connectivity index is 1.63. The average molecular weight is 315 g/mol. The Kier molecular flexibility index (Phi) is 4.60. The number of hydrogen-bond donors (Lipinski definition) is 1. The van der Waals surface area contributed by atoms with Crippen molar-refractivity contribution in [3.63, 3.8) is 0 Å². The van der Waals surface area contributed by atoms with E-state index in [9.17, 15) is 9.59 Å². The molecule has 1 unspecified atom stereocenters. The Bertz CT molecular complexity index is 711. The highest BCUT2D eigenvalue weighted by Gasteiger charge is 2.22. The van der Waals surface area contributed by atoms with Gasteiger partial charge in [-0.2, -0.15) is 0 Å². The maximum Gasteiger partial charge on any atom is 0.439 e. The summed E-state index contributed by atoms with van der Waals surface area (Å²) in [6, 6.07) is 7.67. The number of rotatable bonds is 4. The molecule has 3 rings (SSSR count). The van der Waals surface area contributed by atoms with Crippen LogP contribution in [0.3, 0.4) is 0 Å². The molecule has 1 aliphatic rings. The molecule has 1 aliphatic heterocycles. The van der Waals surface area contributed by atoms with Gasteiger partial charge in [-0.3, -0.25) is 14.3 Å². The van der Waals surface area contributed by atoms with Crippen LogP contribution in [0.25, 0.3) is 11.4 Å². The molecule has 0 bridgehead atoms. The van der Waals surface area contributed by atoms with Crippen molar-refractivity contribution < 1.29 is 9.32 Å². The molecule has 1 aromatic carbocycles. The number of aromatic nitrogens is 2. The van der Waals surface area contributed by atoms with Crippen LogP contribution in [0.2, 0.25) is 0 Å². The second kappa shape index (κ2) is 6.81. The molecular formula is C17H21N3O3. The van der Waals surface area contributed by atoms with Crippen LogP contribution in [-0.2, 0) is 11.2 Å². The number of carbonyl (C=O) groups excluding carboxylic acids is 1. The maximum absolute atomic E-state index is 12.5. The third-order valence-electron chi connectivity index (χ3n) is 4.30. The SMILES string of the molecule is CC(Cc1ccc(-c2noc(=O)[nH]2)cc1)C(=O)N1CCCCC1. The van der Waals surface area contributed by atoms with Crippen LogP contribution in [0.4, 0.5) is 0 Å². The number of H-pyrrole nitrogens is 1. The van der Waals surface area contributed by atoms with Gasteiger partial charge in [0, 0.05) is 24.6 Å². The number of hydrogen-bond acceptors (Lipinski definition) is 4. The Morgan fingerprint density at radius 3 is 2.57 bits per heavy atom. The molecule has 0 aliphatic carbocycles. The van der Waals surface area contributed by atoms with Crippen LogP contribution in [0.15, 0.2) is 33.6 Å². The summed E-state index contributed by atoms with van der Waals surface area (Å²) in [6.45, 7) is 3.77. The second-order valence-corrected chi connectivity index (χ2v) is 6.13. The van der Waals surface area contributed by atoms with Gasteiger partial charge >= 0.3 is 5.76 Å². The van der Waals surface area contributed by atoms with Gasteiger partial charge in [0.25, 0.3) is 0 Å². The number of amides is 1. The first-order chi connectivity index (χ1) is 11.1. The molecule has 1 fully saturated rings. The highest BCUT2D eigenvalue weighted by molar-refractivity contribution is 5.78. The fourth-order valence-corrected chi connectivity index (χ4v) is 3.02. The Morgan fingerprint density at radius 2 is 1.96 bits per heavy atom. The third kappa shape index (κ3) is 3.70. The fraction of sp³-hybridized carbons (Fsp3) is 0.471. The summed E-state index contributed by atoms with van der Waals surface area (Å²) in [6.07, 6.45) is 4.17. The molecule has 2 heterocycles. The molecular weight excluding hydrogens is 294 g/mol. The first-order valence-electron chi connectivity index (χ1n) is 8.07. The molecule has 1 N–H and O–H groups in total. The molecule has 0 spiro atoms. The predicted molar refractivity (Wildman–Crippen MR) is 85.9 cm³/mol. The van der Waals surface area contributed by atoms with E-state index in [1.165, 1.54) is 6.42 Å². The lowest BCUT2D eigenvalue weighted by Crippen LogP contribution is -2.39. The van der Waals surface area contributed by atoms with Crippen molar-refractivity contribution in [3.05, 3.63) is 40.4 Å². The van der Waals surface area contributed by atoms with Gasteiger partial charge < -0.3 is 4.90 Å². The minimum Gasteiger partial charge on any atom is -0.342 e. The van der Waals surface area contributed by atoms with Crippen molar-refractivity contribution in [1.29, 1.82) is 0 Å². The normalized spacial score (nSPS) is 16.3. The van der Waals surface area contributed by atoms with Crippen LogP contribution < -0.4 is 5.76 Å². The van der Waals surface area contributed by atoms with E-state index >= 15 is 0 Å². The number of piperidine rings is 1. The number of nitrogens with zero attached hydrogens (tertiary/aromatic N) is 2. The number of nitrogens with one attached hydrogen (secondary N) is 1. The van der Waals surface area contributed by atoms with Gasteiger partial charge in [-0.25, -0.2) is 4.79 Å². The topological polar surface area (TPSA) is 79.2 Å². The van der Waals surface area contributed by atoms with Gasteiger partial charge in [0.05, 0.1) is 0 Å². The van der Waals surface area contributed by atoms with Gasteiger partial charge in [-0.05, 0) is 31.2 Å². The quantitative estimate of drug-likeness (QED) is 0.938. The van der Waals surface area contributed by atoms with E-state index in [0.717, 1.165) is 37.1 Å². The van der Waals surface area contributed by atoms with Gasteiger partial charge in [-0.15, -0.1) is 0 Å². The summed E-state index contributed by atoms with van der Waals surface area (Å²) in [4.78, 5) is 27.9. The smallest absolute Gasteiger partial charge is 0.342 e. The van der Waals surface area contributed by atoms with E-state index in [2.05, 4.69) is 14.7 Å². The van der Waals surface area contributed by atoms with Crippen LogP contribution in [0.1, 0.15) is 31.7 Å². The summed E-state index contributed by atoms with van der Waals surface area (Å²) in [5.74, 6) is 0.0734. The maximum atomic E-state index is 12.5. The van der Waals surface area contributed by atoms with Gasteiger partial charge in [0.2, 0.25) is 5.91 Å². The van der Waals surface area contributed by atoms with Crippen LogP contribution in [0.5, 0.6) is 0 Å². The van der Waals surface area contributed by atoms with Gasteiger partial charge in [0.1, 0.15) is 0 Å². The molecule has 6 nitrogen and oxygen atoms in total. The van der Waals surface area contributed by atoms with Crippen molar-refractivity contribution >= 4 is 5.91 Å². The van der Waals surface area contributed by atoms with Gasteiger partial charge in [0.15, 0.2) is 5.82 Å². The Morgan fingerprint density at radius 1 is 1.26 bits per heavy atom. The molecule has 23 heavy (non-hydrogen) atoms. The van der Waals surface area contributed by atoms with Crippen molar-refractivity contribution in [2.45, 2.75) is 32.6 Å². The third-order valence-corrected chi connectivity index (χ3v) is 4.30. The van der Waals surface area contributed by atoms with Crippen molar-refractivity contribution in [3.8, 4) is 11.4 Å². The molecule has 6 heteroatoms. The fourth-order valence-electron chi connectivity index (χ4n) is 3.02. The molecule has 1 amide bonds. The lowest BCUT2D eigenvalue weighted by molar-refractivity contribution is -0.135. The summed E-state index contributed by atoms with van der Waals surface area (Å²) in [5.41, 5.74) is 1.88. The van der Waals surface area contributed by atoms with Crippen molar-refractivity contribution in [1.82, 2.24) is 15.0 Å². The first-order valence-corrected chi connectivity index (χ1v) is 8.07. The lowest BCUT2D eigenvalue weighted by Gasteiger charge is -2.29. The van der Waals surface area contributed by atoms with Crippen molar-refractivity contribution in [2.24, 2.45) is 5.92 Å². The number of benzene rings is 1. The summed E-state index contributed by atoms with van der Waals surface area (Å²) in [7, 11) is 0. The minimum atomic E-state index is -0.565. The van der Waals surface area contributed by atoms with Crippen LogP contribution >= 0.6 is 0 Å². The molecule has 2 aromatic rings. The second-order valence-electron chi connectivity index (χ2n) is 6.13.